The van der Waals surface area contributed by atoms with E-state index in [-0.39, 0.29) is 30.9 Å². The van der Waals surface area contributed by atoms with Crippen molar-refractivity contribution >= 4 is 11.8 Å². The third-order valence-corrected chi connectivity index (χ3v) is 2.42. The molecule has 0 saturated carbocycles. The molecule has 19 heavy (non-hydrogen) atoms. The molecule has 4 N–H and O–H groups in total. The van der Waals surface area contributed by atoms with Gasteiger partial charge in [-0.2, -0.15) is 0 Å². The highest BCUT2D eigenvalue weighted by Gasteiger charge is 2.17. The molecule has 0 aromatic carbocycles. The minimum Gasteiger partial charge on any atom is -0.352 e. The Balaban J connectivity index is 2.58. The van der Waals surface area contributed by atoms with Crippen LogP contribution in [-0.2, 0) is 16.1 Å². The minimum atomic E-state index is -0.450. The quantitative estimate of drug-likeness (QED) is 0.608. The summed E-state index contributed by atoms with van der Waals surface area (Å²) in [5.41, 5.74) is 5.74. The number of carbonyl (C=O) groups excluding carboxylic acids is 2. The SMILES string of the molecule is CC(C)NC(=O)C(C)n1cc(CNC(=O)CN)nn1. The van der Waals surface area contributed by atoms with E-state index in [2.05, 4.69) is 20.9 Å². The summed E-state index contributed by atoms with van der Waals surface area (Å²) in [4.78, 5) is 22.8. The van der Waals surface area contributed by atoms with Gasteiger partial charge in [-0.15, -0.1) is 5.10 Å². The Labute approximate surface area is 111 Å². The molecule has 1 aromatic heterocycles. The van der Waals surface area contributed by atoms with Gasteiger partial charge in [-0.05, 0) is 20.8 Å². The number of nitrogens with two attached hydrogens (primary N) is 1. The Kier molecular flexibility index (Phi) is 5.43. The molecule has 106 valence electrons. The fourth-order valence-electron chi connectivity index (χ4n) is 1.37. The van der Waals surface area contributed by atoms with Gasteiger partial charge in [-0.1, -0.05) is 5.21 Å². The third kappa shape index (κ3) is 4.66. The second-order valence-electron chi connectivity index (χ2n) is 4.51. The zero-order valence-electron chi connectivity index (χ0n) is 11.4. The minimum absolute atomic E-state index is 0.0681. The molecule has 2 amide bonds. The molecule has 0 saturated heterocycles. The van der Waals surface area contributed by atoms with Gasteiger partial charge in [0.2, 0.25) is 11.8 Å². The average Bonchev–Trinajstić information content (AvgIpc) is 2.82. The summed E-state index contributed by atoms with van der Waals surface area (Å²) in [6, 6.07) is -0.379. The molecule has 8 heteroatoms. The van der Waals surface area contributed by atoms with Crippen LogP contribution in [0.5, 0.6) is 0 Å². The molecule has 1 heterocycles. The van der Waals surface area contributed by atoms with Crippen LogP contribution in [0.25, 0.3) is 0 Å². The van der Waals surface area contributed by atoms with Gasteiger partial charge in [0.1, 0.15) is 11.7 Å². The molecule has 0 radical (unpaired) electrons. The van der Waals surface area contributed by atoms with E-state index in [4.69, 9.17) is 5.73 Å². The fourth-order valence-corrected chi connectivity index (χ4v) is 1.37. The van der Waals surface area contributed by atoms with Crippen LogP contribution in [0.4, 0.5) is 0 Å². The summed E-state index contributed by atoms with van der Waals surface area (Å²) >= 11 is 0. The Morgan fingerprint density at radius 2 is 2.11 bits per heavy atom. The molecule has 0 aliphatic rings. The van der Waals surface area contributed by atoms with Crippen molar-refractivity contribution in [3.8, 4) is 0 Å². The Morgan fingerprint density at radius 3 is 2.68 bits per heavy atom. The van der Waals surface area contributed by atoms with E-state index in [0.717, 1.165) is 0 Å². The first-order chi connectivity index (χ1) is 8.93. The maximum atomic E-state index is 11.8. The number of rotatable bonds is 6. The van der Waals surface area contributed by atoms with Crippen molar-refractivity contribution in [2.24, 2.45) is 5.73 Å². The lowest BCUT2D eigenvalue weighted by Gasteiger charge is -2.13. The van der Waals surface area contributed by atoms with E-state index in [0.29, 0.717) is 5.69 Å². The second-order valence-corrected chi connectivity index (χ2v) is 4.51. The van der Waals surface area contributed by atoms with Gasteiger partial charge in [0, 0.05) is 6.04 Å². The van der Waals surface area contributed by atoms with Crippen LogP contribution in [0.3, 0.4) is 0 Å². The van der Waals surface area contributed by atoms with Crippen molar-refractivity contribution < 1.29 is 9.59 Å². The lowest BCUT2D eigenvalue weighted by molar-refractivity contribution is -0.124. The van der Waals surface area contributed by atoms with E-state index in [1.54, 1.807) is 13.1 Å². The van der Waals surface area contributed by atoms with Gasteiger partial charge in [0.25, 0.3) is 0 Å². The van der Waals surface area contributed by atoms with E-state index in [1.807, 2.05) is 13.8 Å². The monoisotopic (exact) mass is 268 g/mol. The Bertz CT molecular complexity index is 442. The lowest BCUT2D eigenvalue weighted by atomic mass is 10.3. The number of carbonyl (C=O) groups is 2. The van der Waals surface area contributed by atoms with E-state index >= 15 is 0 Å². The van der Waals surface area contributed by atoms with Crippen LogP contribution < -0.4 is 16.4 Å². The van der Waals surface area contributed by atoms with Gasteiger partial charge < -0.3 is 16.4 Å². The summed E-state index contributed by atoms with van der Waals surface area (Å²) in [5.74, 6) is -0.391. The van der Waals surface area contributed by atoms with E-state index < -0.39 is 6.04 Å². The first kappa shape index (κ1) is 15.1. The first-order valence-corrected chi connectivity index (χ1v) is 6.12. The highest BCUT2D eigenvalue weighted by Crippen LogP contribution is 2.05. The first-order valence-electron chi connectivity index (χ1n) is 6.12. The number of amides is 2. The highest BCUT2D eigenvalue weighted by molar-refractivity contribution is 5.80. The summed E-state index contributed by atoms with van der Waals surface area (Å²) in [6.07, 6.45) is 1.63. The van der Waals surface area contributed by atoms with Crippen LogP contribution in [0.15, 0.2) is 6.20 Å². The average molecular weight is 268 g/mol. The van der Waals surface area contributed by atoms with E-state index in [9.17, 15) is 9.59 Å². The standard InChI is InChI=1S/C11H20N6O2/c1-7(2)14-11(19)8(3)17-6-9(15-16-17)5-13-10(18)4-12/h6-8H,4-5,12H2,1-3H3,(H,13,18)(H,14,19). The molecule has 8 nitrogen and oxygen atoms in total. The zero-order valence-corrected chi connectivity index (χ0v) is 11.4. The van der Waals surface area contributed by atoms with E-state index in [1.165, 1.54) is 4.68 Å². The number of aromatic nitrogens is 3. The molecule has 0 fully saturated rings. The third-order valence-electron chi connectivity index (χ3n) is 2.42. The topological polar surface area (TPSA) is 115 Å². The largest absolute Gasteiger partial charge is 0.352 e. The molecule has 1 atom stereocenters. The molecule has 0 spiro atoms. The van der Waals surface area contributed by atoms with Crippen LogP contribution >= 0.6 is 0 Å². The molecule has 1 unspecified atom stereocenters. The van der Waals surface area contributed by atoms with Crippen molar-refractivity contribution in [3.05, 3.63) is 11.9 Å². The number of hydrogen-bond acceptors (Lipinski definition) is 5. The summed E-state index contributed by atoms with van der Waals surface area (Å²) in [6.45, 7) is 5.68. The molecular weight excluding hydrogens is 248 g/mol. The predicted molar refractivity (Wildman–Crippen MR) is 68.9 cm³/mol. The van der Waals surface area contributed by atoms with Gasteiger partial charge in [-0.3, -0.25) is 9.59 Å². The Morgan fingerprint density at radius 1 is 1.42 bits per heavy atom. The van der Waals surface area contributed by atoms with Crippen LogP contribution in [0, 0.1) is 0 Å². The summed E-state index contributed by atoms with van der Waals surface area (Å²) in [5, 5.41) is 13.1. The highest BCUT2D eigenvalue weighted by atomic mass is 16.2. The van der Waals surface area contributed by atoms with Gasteiger partial charge in [-0.25, -0.2) is 4.68 Å². The zero-order chi connectivity index (χ0) is 14.4. The lowest BCUT2D eigenvalue weighted by Crippen LogP contribution is -2.35. The molecular formula is C11H20N6O2. The van der Waals surface area contributed by atoms with Crippen LogP contribution in [-0.4, -0.2) is 39.4 Å². The second kappa shape index (κ2) is 6.83. The molecule has 0 aliphatic heterocycles. The maximum absolute atomic E-state index is 11.8. The molecule has 1 aromatic rings. The molecule has 0 bridgehead atoms. The van der Waals surface area contributed by atoms with Gasteiger partial charge in [0.05, 0.1) is 19.3 Å². The van der Waals surface area contributed by atoms with Crippen LogP contribution in [0.2, 0.25) is 0 Å². The molecule has 1 rings (SSSR count). The smallest absolute Gasteiger partial charge is 0.244 e. The van der Waals surface area contributed by atoms with Crippen molar-refractivity contribution in [2.45, 2.75) is 39.4 Å². The molecule has 0 aliphatic carbocycles. The number of nitrogens with one attached hydrogen (secondary N) is 2. The number of hydrogen-bond donors (Lipinski definition) is 3. The van der Waals surface area contributed by atoms with Crippen LogP contribution in [0.1, 0.15) is 32.5 Å². The van der Waals surface area contributed by atoms with Gasteiger partial charge in [0.15, 0.2) is 0 Å². The number of nitrogens with zero attached hydrogens (tertiary/aromatic N) is 3. The van der Waals surface area contributed by atoms with Gasteiger partial charge >= 0.3 is 0 Å². The Hall–Kier alpha value is -1.96. The fraction of sp³-hybridized carbons (Fsp3) is 0.636. The van der Waals surface area contributed by atoms with Crippen molar-refractivity contribution in [3.63, 3.8) is 0 Å². The normalized spacial score (nSPS) is 12.3. The maximum Gasteiger partial charge on any atom is 0.244 e. The summed E-state index contributed by atoms with van der Waals surface area (Å²) < 4.78 is 1.46. The van der Waals surface area contributed by atoms with Crippen molar-refractivity contribution in [2.75, 3.05) is 6.54 Å². The van der Waals surface area contributed by atoms with Crippen molar-refractivity contribution in [1.82, 2.24) is 25.6 Å². The summed E-state index contributed by atoms with van der Waals surface area (Å²) in [7, 11) is 0. The van der Waals surface area contributed by atoms with Crippen molar-refractivity contribution in [1.29, 1.82) is 0 Å². The predicted octanol–water partition coefficient (Wildman–Crippen LogP) is -1.06.